The van der Waals surface area contributed by atoms with Crippen LogP contribution in [-0.4, -0.2) is 63.4 Å². The minimum atomic E-state index is -0.271. The van der Waals surface area contributed by atoms with Crippen LogP contribution in [0, 0.1) is 11.2 Å². The average molecular weight is 336 g/mol. The van der Waals surface area contributed by atoms with Crippen LogP contribution >= 0.6 is 0 Å². The fraction of sp³-hybridized carbons (Fsp3) is 0.684. The van der Waals surface area contributed by atoms with Gasteiger partial charge < -0.3 is 14.4 Å². The van der Waals surface area contributed by atoms with Gasteiger partial charge in [0.25, 0.3) is 0 Å². The average Bonchev–Trinajstić information content (AvgIpc) is 2.95. The molecule has 1 aromatic rings. The van der Waals surface area contributed by atoms with E-state index >= 15 is 0 Å². The molecule has 2 aliphatic heterocycles. The fourth-order valence-electron chi connectivity index (χ4n) is 4.28. The molecule has 5 heteroatoms. The van der Waals surface area contributed by atoms with Gasteiger partial charge >= 0.3 is 0 Å². The lowest BCUT2D eigenvalue weighted by Gasteiger charge is -2.40. The summed E-state index contributed by atoms with van der Waals surface area (Å²) in [7, 11) is 3.27. The summed E-state index contributed by atoms with van der Waals surface area (Å²) in [5, 5.41) is 0. The summed E-state index contributed by atoms with van der Waals surface area (Å²) in [5.41, 5.74) is 1.44. The first-order valence-electron chi connectivity index (χ1n) is 8.90. The number of halogens is 1. The monoisotopic (exact) mass is 336 g/mol. The predicted molar refractivity (Wildman–Crippen MR) is 92.8 cm³/mol. The van der Waals surface area contributed by atoms with Crippen LogP contribution in [0.1, 0.15) is 24.8 Å². The maximum absolute atomic E-state index is 13.9. The molecular formula is C19H29FN2O2. The van der Waals surface area contributed by atoms with Crippen LogP contribution in [-0.2, 0) is 11.3 Å². The maximum atomic E-state index is 13.9. The van der Waals surface area contributed by atoms with Crippen molar-refractivity contribution in [2.75, 3.05) is 53.6 Å². The minimum Gasteiger partial charge on any atom is -0.494 e. The molecule has 1 unspecified atom stereocenters. The van der Waals surface area contributed by atoms with Crippen molar-refractivity contribution in [3.05, 3.63) is 29.6 Å². The Hall–Kier alpha value is -1.17. The van der Waals surface area contributed by atoms with Crippen molar-refractivity contribution in [3.8, 4) is 5.75 Å². The molecule has 2 aliphatic rings. The van der Waals surface area contributed by atoms with Crippen LogP contribution in [0.15, 0.2) is 18.2 Å². The number of nitrogens with zero attached hydrogens (tertiary/aromatic N) is 2. The molecule has 1 spiro atoms. The number of benzene rings is 1. The Morgan fingerprint density at radius 1 is 1.12 bits per heavy atom. The molecule has 1 aromatic carbocycles. The third kappa shape index (κ3) is 4.08. The number of piperidine rings is 1. The third-order valence-corrected chi connectivity index (χ3v) is 5.49. The Balaban J connectivity index is 1.57. The first-order valence-corrected chi connectivity index (χ1v) is 8.90. The highest BCUT2D eigenvalue weighted by Gasteiger charge is 2.40. The lowest BCUT2D eigenvalue weighted by Crippen LogP contribution is -2.45. The number of hydrogen-bond acceptors (Lipinski definition) is 4. The van der Waals surface area contributed by atoms with Crippen molar-refractivity contribution in [1.82, 2.24) is 9.80 Å². The van der Waals surface area contributed by atoms with Gasteiger partial charge in [0.05, 0.1) is 13.7 Å². The number of hydrogen-bond donors (Lipinski definition) is 0. The van der Waals surface area contributed by atoms with Crippen molar-refractivity contribution < 1.29 is 13.9 Å². The van der Waals surface area contributed by atoms with E-state index in [1.54, 1.807) is 19.2 Å². The van der Waals surface area contributed by atoms with Gasteiger partial charge in [-0.2, -0.15) is 0 Å². The molecule has 1 atom stereocenters. The molecule has 3 rings (SSSR count). The van der Waals surface area contributed by atoms with Crippen LogP contribution < -0.4 is 4.74 Å². The molecule has 24 heavy (non-hydrogen) atoms. The van der Waals surface area contributed by atoms with Crippen molar-refractivity contribution >= 4 is 0 Å². The van der Waals surface area contributed by atoms with Crippen molar-refractivity contribution in [2.45, 2.75) is 25.8 Å². The van der Waals surface area contributed by atoms with E-state index in [1.165, 1.54) is 39.5 Å². The Bertz CT molecular complexity index is 554. The highest BCUT2D eigenvalue weighted by atomic mass is 19.1. The molecule has 0 aliphatic carbocycles. The first kappa shape index (κ1) is 17.6. The highest BCUT2D eigenvalue weighted by Crippen LogP contribution is 2.39. The fourth-order valence-corrected chi connectivity index (χ4v) is 4.28. The maximum Gasteiger partial charge on any atom is 0.165 e. The molecule has 2 fully saturated rings. The number of ether oxygens (including phenoxy) is 2. The molecule has 0 N–H and O–H groups in total. The van der Waals surface area contributed by atoms with E-state index < -0.39 is 0 Å². The minimum absolute atomic E-state index is 0.271. The number of likely N-dealkylation sites (tertiary alicyclic amines) is 2. The van der Waals surface area contributed by atoms with E-state index in [1.807, 2.05) is 6.07 Å². The van der Waals surface area contributed by atoms with Gasteiger partial charge in [0.1, 0.15) is 0 Å². The molecular weight excluding hydrogens is 307 g/mol. The normalized spacial score (nSPS) is 25.5. The largest absolute Gasteiger partial charge is 0.494 e. The zero-order chi connectivity index (χ0) is 17.0. The van der Waals surface area contributed by atoms with E-state index in [9.17, 15) is 4.39 Å². The lowest BCUT2D eigenvalue weighted by atomic mass is 9.79. The summed E-state index contributed by atoms with van der Waals surface area (Å²) in [5.74, 6) is 0.0463. The third-order valence-electron chi connectivity index (χ3n) is 5.49. The lowest BCUT2D eigenvalue weighted by molar-refractivity contribution is 0.0673. The molecule has 0 radical (unpaired) electrons. The quantitative estimate of drug-likeness (QED) is 0.797. The second kappa shape index (κ2) is 7.81. The molecule has 0 bridgehead atoms. The first-order chi connectivity index (χ1) is 11.6. The highest BCUT2D eigenvalue weighted by molar-refractivity contribution is 5.29. The van der Waals surface area contributed by atoms with Gasteiger partial charge in [0, 0.05) is 33.3 Å². The number of methoxy groups -OCH3 is 2. The van der Waals surface area contributed by atoms with E-state index in [0.717, 1.165) is 38.3 Å². The second-order valence-corrected chi connectivity index (χ2v) is 7.30. The van der Waals surface area contributed by atoms with E-state index in [0.29, 0.717) is 11.2 Å². The summed E-state index contributed by atoms with van der Waals surface area (Å²) < 4.78 is 24.1. The summed E-state index contributed by atoms with van der Waals surface area (Å²) in [6.45, 7) is 7.24. The Morgan fingerprint density at radius 2 is 1.96 bits per heavy atom. The van der Waals surface area contributed by atoms with Crippen LogP contribution in [0.4, 0.5) is 4.39 Å². The van der Waals surface area contributed by atoms with Gasteiger partial charge in [-0.1, -0.05) is 6.07 Å². The molecule has 0 amide bonds. The molecule has 2 saturated heterocycles. The van der Waals surface area contributed by atoms with Crippen LogP contribution in [0.2, 0.25) is 0 Å². The Morgan fingerprint density at radius 3 is 2.71 bits per heavy atom. The Labute approximate surface area is 144 Å². The van der Waals surface area contributed by atoms with Crippen molar-refractivity contribution in [2.24, 2.45) is 5.41 Å². The van der Waals surface area contributed by atoms with Crippen molar-refractivity contribution in [1.29, 1.82) is 0 Å². The zero-order valence-electron chi connectivity index (χ0n) is 14.9. The van der Waals surface area contributed by atoms with Crippen LogP contribution in [0.25, 0.3) is 0 Å². The van der Waals surface area contributed by atoms with Gasteiger partial charge in [0.2, 0.25) is 0 Å². The molecule has 2 heterocycles. The molecule has 0 aromatic heterocycles. The summed E-state index contributed by atoms with van der Waals surface area (Å²) in [6.07, 6.45) is 3.83. The Kier molecular flexibility index (Phi) is 5.74. The predicted octanol–water partition coefficient (Wildman–Crippen LogP) is 2.77. The smallest absolute Gasteiger partial charge is 0.165 e. The van der Waals surface area contributed by atoms with E-state index in [4.69, 9.17) is 9.47 Å². The van der Waals surface area contributed by atoms with Gasteiger partial charge in [0.15, 0.2) is 11.6 Å². The summed E-state index contributed by atoms with van der Waals surface area (Å²) >= 11 is 0. The second-order valence-electron chi connectivity index (χ2n) is 7.30. The van der Waals surface area contributed by atoms with Crippen LogP contribution in [0.5, 0.6) is 5.75 Å². The van der Waals surface area contributed by atoms with Crippen LogP contribution in [0.3, 0.4) is 0 Å². The zero-order valence-corrected chi connectivity index (χ0v) is 14.9. The molecule has 0 saturated carbocycles. The summed E-state index contributed by atoms with van der Waals surface area (Å²) in [4.78, 5) is 5.02. The van der Waals surface area contributed by atoms with Gasteiger partial charge in [-0.3, -0.25) is 4.90 Å². The topological polar surface area (TPSA) is 24.9 Å². The van der Waals surface area contributed by atoms with Gasteiger partial charge in [-0.15, -0.1) is 0 Å². The standard InChI is InChI=1S/C19H29FN2O2/c1-23-11-10-21-8-3-6-19(14-21)7-9-22(15-19)13-16-4-5-18(24-2)17(20)12-16/h4-5,12H,3,6-11,13-15H2,1-2H3. The molecule has 134 valence electrons. The van der Waals surface area contributed by atoms with Gasteiger partial charge in [-0.25, -0.2) is 4.39 Å². The SMILES string of the molecule is COCCN1CCCC2(CCN(Cc3ccc(OC)c(F)c3)C2)C1. The molecule has 4 nitrogen and oxygen atoms in total. The van der Waals surface area contributed by atoms with Crippen molar-refractivity contribution in [3.63, 3.8) is 0 Å². The number of rotatable bonds is 6. The van der Waals surface area contributed by atoms with E-state index in [2.05, 4.69) is 9.80 Å². The van der Waals surface area contributed by atoms with Gasteiger partial charge in [-0.05, 0) is 55.5 Å². The van der Waals surface area contributed by atoms with E-state index in [-0.39, 0.29) is 5.82 Å². The summed E-state index contributed by atoms with van der Waals surface area (Å²) in [6, 6.07) is 5.30.